The van der Waals surface area contributed by atoms with Gasteiger partial charge in [-0.3, -0.25) is 0 Å². The zero-order valence-electron chi connectivity index (χ0n) is 17.3. The van der Waals surface area contributed by atoms with Crippen molar-refractivity contribution in [1.29, 1.82) is 0 Å². The lowest BCUT2D eigenvalue weighted by Crippen LogP contribution is -2.05. The molecule has 4 aromatic rings. The number of hydrogen-bond donors (Lipinski definition) is 2. The van der Waals surface area contributed by atoms with E-state index in [2.05, 4.69) is 10.4 Å². The molecule has 0 amide bonds. The summed E-state index contributed by atoms with van der Waals surface area (Å²) >= 11 is 5.83. The van der Waals surface area contributed by atoms with Gasteiger partial charge in [-0.15, -0.1) is 0 Å². The first kappa shape index (κ1) is 23.3. The van der Waals surface area contributed by atoms with Crippen LogP contribution in [-0.2, 0) is 12.7 Å². The molecule has 2 N–H and O–H groups in total. The highest BCUT2D eigenvalue weighted by atomic mass is 35.5. The van der Waals surface area contributed by atoms with Crippen LogP contribution in [0, 0.1) is 5.82 Å². The molecule has 174 valence electrons. The van der Waals surface area contributed by atoms with Crippen LogP contribution in [0.25, 0.3) is 16.9 Å². The van der Waals surface area contributed by atoms with E-state index >= 15 is 0 Å². The molecule has 0 bridgehead atoms. The summed E-state index contributed by atoms with van der Waals surface area (Å²) < 4.78 is 53.6. The first-order valence-corrected chi connectivity index (χ1v) is 10.3. The average molecular weight is 490 g/mol. The Morgan fingerprint density at radius 3 is 2.29 bits per heavy atom. The van der Waals surface area contributed by atoms with Gasteiger partial charge in [-0.1, -0.05) is 23.7 Å². The number of nitrogens with one attached hydrogen (secondary N) is 1. The van der Waals surface area contributed by atoms with Crippen LogP contribution in [0.15, 0.2) is 72.9 Å². The molecule has 0 aliphatic heterocycles. The van der Waals surface area contributed by atoms with Crippen LogP contribution in [0.2, 0.25) is 5.02 Å². The fourth-order valence-electron chi connectivity index (χ4n) is 3.29. The molecule has 1 aromatic heterocycles. The topological polar surface area (TPSA) is 67.1 Å². The minimum Gasteiger partial charge on any atom is -0.478 e. The average Bonchev–Trinajstić information content (AvgIpc) is 3.24. The number of carboxylic acid groups (broad SMARTS) is 1. The minimum atomic E-state index is -4.45. The molecule has 0 aliphatic carbocycles. The van der Waals surface area contributed by atoms with Gasteiger partial charge in [0.1, 0.15) is 5.82 Å². The molecule has 10 heteroatoms. The third-order valence-corrected chi connectivity index (χ3v) is 5.35. The maximum atomic E-state index is 13.4. The normalized spacial score (nSPS) is 11.4. The number of carbonyl (C=O) groups is 1. The Balaban J connectivity index is 1.69. The molecule has 0 saturated heterocycles. The maximum Gasteiger partial charge on any atom is 0.416 e. The molecule has 34 heavy (non-hydrogen) atoms. The highest BCUT2D eigenvalue weighted by molar-refractivity contribution is 6.31. The molecule has 0 fully saturated rings. The van der Waals surface area contributed by atoms with Gasteiger partial charge in [-0.2, -0.15) is 18.3 Å². The van der Waals surface area contributed by atoms with Gasteiger partial charge in [0.2, 0.25) is 0 Å². The maximum absolute atomic E-state index is 13.4. The number of alkyl halides is 3. The van der Waals surface area contributed by atoms with E-state index in [1.54, 1.807) is 18.3 Å². The van der Waals surface area contributed by atoms with Crippen molar-refractivity contribution in [3.05, 3.63) is 100 Å². The second-order valence-electron chi connectivity index (χ2n) is 7.36. The van der Waals surface area contributed by atoms with E-state index < -0.39 is 23.5 Å². The second-order valence-corrected chi connectivity index (χ2v) is 7.76. The number of carboxylic acids is 1. The quantitative estimate of drug-likeness (QED) is 0.297. The Morgan fingerprint density at radius 1 is 1.03 bits per heavy atom. The monoisotopic (exact) mass is 489 g/mol. The largest absolute Gasteiger partial charge is 0.478 e. The van der Waals surface area contributed by atoms with Gasteiger partial charge in [-0.05, 0) is 54.6 Å². The van der Waals surface area contributed by atoms with E-state index in [4.69, 9.17) is 16.7 Å². The van der Waals surface area contributed by atoms with Gasteiger partial charge in [0.25, 0.3) is 0 Å². The molecule has 0 saturated carbocycles. The standard InChI is InChI=1S/C24H16ClF4N3O2/c25-20-11-18(7-10-21(20)26)30-12-16-13-32(19-8-5-17(6-9-19)24(27,28)29)31-22(16)14-1-3-15(4-2-14)23(33)34/h1-11,13,30H,12H2,(H,33,34). The Labute approximate surface area is 196 Å². The summed E-state index contributed by atoms with van der Waals surface area (Å²) in [6.45, 7) is 0.235. The van der Waals surface area contributed by atoms with Crippen molar-refractivity contribution in [2.45, 2.75) is 12.7 Å². The van der Waals surface area contributed by atoms with E-state index in [1.165, 1.54) is 47.1 Å². The number of hydrogen-bond acceptors (Lipinski definition) is 3. The van der Waals surface area contributed by atoms with Gasteiger partial charge >= 0.3 is 12.1 Å². The lowest BCUT2D eigenvalue weighted by atomic mass is 10.1. The van der Waals surface area contributed by atoms with Crippen molar-refractivity contribution >= 4 is 23.3 Å². The second kappa shape index (κ2) is 9.18. The van der Waals surface area contributed by atoms with Crippen LogP contribution < -0.4 is 5.32 Å². The van der Waals surface area contributed by atoms with Crippen LogP contribution in [0.4, 0.5) is 23.2 Å². The Hall–Kier alpha value is -3.85. The van der Waals surface area contributed by atoms with Gasteiger partial charge in [0.05, 0.1) is 27.5 Å². The van der Waals surface area contributed by atoms with E-state index in [1.807, 2.05) is 0 Å². The highest BCUT2D eigenvalue weighted by Gasteiger charge is 2.30. The smallest absolute Gasteiger partial charge is 0.416 e. The number of rotatable bonds is 6. The van der Waals surface area contributed by atoms with E-state index in [0.717, 1.165) is 12.1 Å². The molecule has 0 aliphatic rings. The van der Waals surface area contributed by atoms with Crippen molar-refractivity contribution in [2.24, 2.45) is 0 Å². The fourth-order valence-corrected chi connectivity index (χ4v) is 3.47. The van der Waals surface area contributed by atoms with Crippen molar-refractivity contribution in [1.82, 2.24) is 9.78 Å². The summed E-state index contributed by atoms with van der Waals surface area (Å²) in [6.07, 6.45) is -2.80. The molecule has 0 unspecified atom stereocenters. The number of benzene rings is 3. The summed E-state index contributed by atoms with van der Waals surface area (Å²) in [5.41, 5.74) is 2.08. The van der Waals surface area contributed by atoms with E-state index in [-0.39, 0.29) is 17.1 Å². The predicted molar refractivity (Wildman–Crippen MR) is 120 cm³/mol. The van der Waals surface area contributed by atoms with Gasteiger partial charge in [-0.25, -0.2) is 13.9 Å². The fraction of sp³-hybridized carbons (Fsp3) is 0.0833. The van der Waals surface area contributed by atoms with Crippen LogP contribution in [0.5, 0.6) is 0 Å². The Kier molecular flexibility index (Phi) is 6.30. The predicted octanol–water partition coefficient (Wildman–Crippen LogP) is 6.66. The highest BCUT2D eigenvalue weighted by Crippen LogP contribution is 2.30. The molecular formula is C24H16ClF4N3O2. The van der Waals surface area contributed by atoms with Gasteiger partial charge < -0.3 is 10.4 Å². The summed E-state index contributed by atoms with van der Waals surface area (Å²) in [4.78, 5) is 11.2. The molecule has 0 atom stereocenters. The number of aromatic carboxylic acids is 1. The zero-order chi connectivity index (χ0) is 24.5. The first-order chi connectivity index (χ1) is 16.1. The van der Waals surface area contributed by atoms with E-state index in [9.17, 15) is 22.4 Å². The minimum absolute atomic E-state index is 0.0464. The van der Waals surface area contributed by atoms with Crippen LogP contribution in [-0.4, -0.2) is 20.9 Å². The van der Waals surface area contributed by atoms with E-state index in [0.29, 0.717) is 28.2 Å². The summed E-state index contributed by atoms with van der Waals surface area (Å²) in [5.74, 6) is -1.63. The van der Waals surface area contributed by atoms with Crippen molar-refractivity contribution in [2.75, 3.05) is 5.32 Å². The number of nitrogens with zero attached hydrogens (tertiary/aromatic N) is 2. The van der Waals surface area contributed by atoms with Crippen molar-refractivity contribution in [3.8, 4) is 16.9 Å². The van der Waals surface area contributed by atoms with Crippen LogP contribution in [0.1, 0.15) is 21.5 Å². The lowest BCUT2D eigenvalue weighted by molar-refractivity contribution is -0.137. The number of anilines is 1. The van der Waals surface area contributed by atoms with Gasteiger partial charge in [0, 0.05) is 29.6 Å². The van der Waals surface area contributed by atoms with Gasteiger partial charge in [0.15, 0.2) is 0 Å². The molecule has 3 aromatic carbocycles. The lowest BCUT2D eigenvalue weighted by Gasteiger charge is -2.08. The third kappa shape index (κ3) is 5.04. The Morgan fingerprint density at radius 2 is 1.71 bits per heavy atom. The van der Waals surface area contributed by atoms with Crippen LogP contribution in [0.3, 0.4) is 0 Å². The number of halogens is 5. The SMILES string of the molecule is O=C(O)c1ccc(-c2nn(-c3ccc(C(F)(F)F)cc3)cc2CNc2ccc(F)c(Cl)c2)cc1. The molecule has 1 heterocycles. The molecule has 0 radical (unpaired) electrons. The molecule has 5 nitrogen and oxygen atoms in total. The zero-order valence-corrected chi connectivity index (χ0v) is 18.0. The Bertz CT molecular complexity index is 1330. The summed E-state index contributed by atoms with van der Waals surface area (Å²) in [7, 11) is 0. The summed E-state index contributed by atoms with van der Waals surface area (Å²) in [5, 5.41) is 16.7. The first-order valence-electron chi connectivity index (χ1n) is 9.90. The van der Waals surface area contributed by atoms with Crippen molar-refractivity contribution < 1.29 is 27.5 Å². The molecule has 0 spiro atoms. The van der Waals surface area contributed by atoms with Crippen LogP contribution >= 0.6 is 11.6 Å². The molecule has 4 rings (SSSR count). The number of aromatic nitrogens is 2. The molecular weight excluding hydrogens is 474 g/mol. The summed E-state index contributed by atoms with van der Waals surface area (Å²) in [6, 6.07) is 14.8. The van der Waals surface area contributed by atoms with Crippen molar-refractivity contribution in [3.63, 3.8) is 0 Å². The third-order valence-electron chi connectivity index (χ3n) is 5.06.